The summed E-state index contributed by atoms with van der Waals surface area (Å²) in [6.45, 7) is 4.40. The van der Waals surface area contributed by atoms with Crippen LogP contribution in [0.15, 0.2) is 53.7 Å². The molecule has 1 atom stereocenters. The Hall–Kier alpha value is -2.51. The molecule has 29 heavy (non-hydrogen) atoms. The zero-order valence-corrected chi connectivity index (χ0v) is 18.1. The summed E-state index contributed by atoms with van der Waals surface area (Å²) in [4.78, 5) is 12.1. The van der Waals surface area contributed by atoms with Crippen LogP contribution < -0.4 is 10.1 Å². The van der Waals surface area contributed by atoms with E-state index in [4.69, 9.17) is 16.3 Å². The van der Waals surface area contributed by atoms with Crippen LogP contribution in [0.4, 0.5) is 0 Å². The van der Waals surface area contributed by atoms with Crippen LogP contribution in [0.1, 0.15) is 30.0 Å². The molecule has 6 nitrogen and oxygen atoms in total. The molecule has 3 aromatic rings. The first-order valence-corrected chi connectivity index (χ1v) is 10.6. The van der Waals surface area contributed by atoms with Crippen molar-refractivity contribution in [3.63, 3.8) is 0 Å². The lowest BCUT2D eigenvalue weighted by atomic mass is 10.2. The molecule has 0 saturated carbocycles. The van der Waals surface area contributed by atoms with Gasteiger partial charge in [0, 0.05) is 18.6 Å². The monoisotopic (exact) mass is 430 g/mol. The van der Waals surface area contributed by atoms with E-state index >= 15 is 0 Å². The molecule has 1 aromatic heterocycles. The van der Waals surface area contributed by atoms with Gasteiger partial charge in [-0.15, -0.1) is 10.2 Å². The number of amides is 1. The Balaban J connectivity index is 1.53. The van der Waals surface area contributed by atoms with Crippen LogP contribution in [0.25, 0.3) is 0 Å². The van der Waals surface area contributed by atoms with Gasteiger partial charge in [0.05, 0.1) is 5.75 Å². The second-order valence-corrected chi connectivity index (χ2v) is 8.00. The highest BCUT2D eigenvalue weighted by atomic mass is 35.5. The number of hydrogen-bond acceptors (Lipinski definition) is 5. The first-order chi connectivity index (χ1) is 13.9. The van der Waals surface area contributed by atoms with E-state index in [0.717, 1.165) is 16.9 Å². The highest BCUT2D eigenvalue weighted by Crippen LogP contribution is 2.25. The summed E-state index contributed by atoms with van der Waals surface area (Å²) in [6.07, 6.45) is -0.262. The van der Waals surface area contributed by atoms with Crippen LogP contribution in [0.2, 0.25) is 5.02 Å². The first-order valence-electron chi connectivity index (χ1n) is 9.19. The number of para-hydroxylation sites is 1. The van der Waals surface area contributed by atoms with Gasteiger partial charge in [-0.3, -0.25) is 4.79 Å². The van der Waals surface area contributed by atoms with Crippen LogP contribution in [-0.2, 0) is 18.4 Å². The lowest BCUT2D eigenvalue weighted by molar-refractivity contribution is -0.118. The predicted molar refractivity (Wildman–Crippen MR) is 115 cm³/mol. The quantitative estimate of drug-likeness (QED) is 0.539. The normalized spacial score (nSPS) is 11.9. The number of aromatic nitrogens is 3. The number of carbonyl (C=O) groups excluding carboxylic acids is 1. The summed E-state index contributed by atoms with van der Waals surface area (Å²) in [5.41, 5.74) is 2.06. The maximum atomic E-state index is 12.1. The van der Waals surface area contributed by atoms with Crippen molar-refractivity contribution in [2.45, 2.75) is 31.7 Å². The first kappa shape index (κ1) is 21.2. The topological polar surface area (TPSA) is 69.0 Å². The molecule has 2 aromatic carbocycles. The molecule has 0 saturated heterocycles. The SMILES string of the molecule is Cc1ccccc1OC(C)c1nnc(SCC(=O)NCc2ccc(Cl)cc2)n1C. The van der Waals surface area contributed by atoms with Crippen LogP contribution in [0.5, 0.6) is 5.75 Å². The van der Waals surface area contributed by atoms with E-state index in [1.54, 1.807) is 12.1 Å². The minimum absolute atomic E-state index is 0.0706. The van der Waals surface area contributed by atoms with E-state index in [2.05, 4.69) is 15.5 Å². The number of carbonyl (C=O) groups is 1. The fourth-order valence-corrected chi connectivity index (χ4v) is 3.60. The molecule has 1 amide bonds. The summed E-state index contributed by atoms with van der Waals surface area (Å²) in [5, 5.41) is 12.7. The molecule has 0 aliphatic heterocycles. The fraction of sp³-hybridized carbons (Fsp3) is 0.286. The second-order valence-electron chi connectivity index (χ2n) is 6.62. The zero-order chi connectivity index (χ0) is 20.8. The lowest BCUT2D eigenvalue weighted by Gasteiger charge is -2.15. The largest absolute Gasteiger partial charge is 0.482 e. The van der Waals surface area contributed by atoms with Crippen molar-refractivity contribution in [2.24, 2.45) is 7.05 Å². The Labute approximate surface area is 179 Å². The van der Waals surface area contributed by atoms with E-state index in [-0.39, 0.29) is 17.8 Å². The van der Waals surface area contributed by atoms with Gasteiger partial charge in [0.2, 0.25) is 5.91 Å². The highest BCUT2D eigenvalue weighted by Gasteiger charge is 2.18. The number of nitrogens with zero attached hydrogens (tertiary/aromatic N) is 3. The van der Waals surface area contributed by atoms with Gasteiger partial charge in [0.15, 0.2) is 17.1 Å². The van der Waals surface area contributed by atoms with Crippen molar-refractivity contribution in [1.82, 2.24) is 20.1 Å². The van der Waals surface area contributed by atoms with E-state index in [1.807, 2.05) is 61.9 Å². The molecule has 0 fully saturated rings. The average Bonchev–Trinajstić information content (AvgIpc) is 3.08. The van der Waals surface area contributed by atoms with Gasteiger partial charge < -0.3 is 14.6 Å². The Morgan fingerprint density at radius 3 is 2.66 bits per heavy atom. The lowest BCUT2D eigenvalue weighted by Crippen LogP contribution is -2.24. The summed E-state index contributed by atoms with van der Waals surface area (Å²) < 4.78 is 7.89. The molecule has 1 N–H and O–H groups in total. The molecule has 0 radical (unpaired) electrons. The van der Waals surface area contributed by atoms with Crippen molar-refractivity contribution in [3.8, 4) is 5.75 Å². The molecule has 152 valence electrons. The summed E-state index contributed by atoms with van der Waals surface area (Å²) >= 11 is 7.21. The summed E-state index contributed by atoms with van der Waals surface area (Å²) in [5.74, 6) is 1.71. The van der Waals surface area contributed by atoms with Crippen molar-refractivity contribution in [1.29, 1.82) is 0 Å². The number of hydrogen-bond donors (Lipinski definition) is 1. The van der Waals surface area contributed by atoms with Crippen LogP contribution in [0.3, 0.4) is 0 Å². The van der Waals surface area contributed by atoms with Crippen molar-refractivity contribution >= 4 is 29.3 Å². The minimum Gasteiger partial charge on any atom is -0.482 e. The molecule has 0 spiro atoms. The Kier molecular flexibility index (Phi) is 7.17. The third-order valence-corrected chi connectivity index (χ3v) is 5.64. The van der Waals surface area contributed by atoms with Gasteiger partial charge in [0.25, 0.3) is 0 Å². The second kappa shape index (κ2) is 9.80. The van der Waals surface area contributed by atoms with Gasteiger partial charge in [0.1, 0.15) is 5.75 Å². The van der Waals surface area contributed by atoms with Crippen LogP contribution in [-0.4, -0.2) is 26.4 Å². The summed E-state index contributed by atoms with van der Waals surface area (Å²) in [6, 6.07) is 15.2. The maximum Gasteiger partial charge on any atom is 0.230 e. The predicted octanol–water partition coefficient (Wildman–Crippen LogP) is 4.33. The Bertz CT molecular complexity index is 975. The molecule has 0 aliphatic rings. The van der Waals surface area contributed by atoms with E-state index < -0.39 is 0 Å². The van der Waals surface area contributed by atoms with E-state index in [0.29, 0.717) is 22.5 Å². The summed E-state index contributed by atoms with van der Waals surface area (Å²) in [7, 11) is 1.88. The number of benzene rings is 2. The van der Waals surface area contributed by atoms with Gasteiger partial charge in [-0.05, 0) is 43.2 Å². The van der Waals surface area contributed by atoms with Gasteiger partial charge in [-0.1, -0.05) is 53.7 Å². The number of halogens is 1. The van der Waals surface area contributed by atoms with Gasteiger partial charge in [-0.25, -0.2) is 0 Å². The van der Waals surface area contributed by atoms with Crippen LogP contribution >= 0.6 is 23.4 Å². The highest BCUT2D eigenvalue weighted by molar-refractivity contribution is 7.99. The average molecular weight is 431 g/mol. The van der Waals surface area contributed by atoms with Gasteiger partial charge in [-0.2, -0.15) is 0 Å². The van der Waals surface area contributed by atoms with E-state index in [9.17, 15) is 4.79 Å². The van der Waals surface area contributed by atoms with Crippen molar-refractivity contribution in [2.75, 3.05) is 5.75 Å². The number of rotatable bonds is 8. The molecule has 1 unspecified atom stereocenters. The van der Waals surface area contributed by atoms with E-state index in [1.165, 1.54) is 11.8 Å². The number of nitrogens with one attached hydrogen (secondary N) is 1. The third-order valence-electron chi connectivity index (χ3n) is 4.36. The number of aryl methyl sites for hydroxylation is 1. The van der Waals surface area contributed by atoms with Crippen LogP contribution in [0, 0.1) is 6.92 Å². The molecule has 0 bridgehead atoms. The van der Waals surface area contributed by atoms with Gasteiger partial charge >= 0.3 is 0 Å². The Morgan fingerprint density at radius 1 is 1.21 bits per heavy atom. The van der Waals surface area contributed by atoms with Crippen molar-refractivity contribution < 1.29 is 9.53 Å². The molecule has 1 heterocycles. The molecule has 3 rings (SSSR count). The third kappa shape index (κ3) is 5.74. The molecule has 8 heteroatoms. The molecular formula is C21H23ClN4O2S. The number of ether oxygens (including phenoxy) is 1. The minimum atomic E-state index is -0.262. The Morgan fingerprint density at radius 2 is 1.93 bits per heavy atom. The maximum absolute atomic E-state index is 12.1. The molecule has 0 aliphatic carbocycles. The number of thioether (sulfide) groups is 1. The standard InChI is InChI=1S/C21H23ClN4O2S/c1-14-6-4-5-7-18(14)28-15(2)20-24-25-21(26(20)3)29-13-19(27)23-12-16-8-10-17(22)11-9-16/h4-11,15H,12-13H2,1-3H3,(H,23,27). The van der Waals surface area contributed by atoms with Crippen molar-refractivity contribution in [3.05, 3.63) is 70.5 Å². The fourth-order valence-electron chi connectivity index (χ4n) is 2.72. The molecular weight excluding hydrogens is 408 g/mol. The zero-order valence-electron chi connectivity index (χ0n) is 16.6. The smallest absolute Gasteiger partial charge is 0.230 e.